The van der Waals surface area contributed by atoms with E-state index in [4.69, 9.17) is 9.98 Å². The first-order chi connectivity index (χ1) is 23.2. The summed E-state index contributed by atoms with van der Waals surface area (Å²) < 4.78 is 0. The molecule has 4 heteroatoms. The van der Waals surface area contributed by atoms with Crippen molar-refractivity contribution in [2.75, 3.05) is 22.9 Å². The summed E-state index contributed by atoms with van der Waals surface area (Å²) in [6.45, 7) is 8.08. The lowest BCUT2D eigenvalue weighted by molar-refractivity contribution is 0.739. The second kappa shape index (κ2) is 12.2. The maximum Gasteiger partial charge on any atom is 0.136 e. The maximum absolute atomic E-state index is 5.18. The summed E-state index contributed by atoms with van der Waals surface area (Å²) in [7, 11) is 0. The third-order valence-corrected chi connectivity index (χ3v) is 9.35. The summed E-state index contributed by atoms with van der Waals surface area (Å²) in [6, 6.07) is 32.7. The molecule has 2 unspecified atom stereocenters. The minimum atomic E-state index is 0.109. The van der Waals surface area contributed by atoms with Crippen molar-refractivity contribution in [3.8, 4) is 0 Å². The Morgan fingerprint density at radius 2 is 1.60 bits per heavy atom. The lowest BCUT2D eigenvalue weighted by Crippen LogP contribution is -2.39. The Bertz CT molecular complexity index is 2140. The summed E-state index contributed by atoms with van der Waals surface area (Å²) in [4.78, 5) is 14.9. The first-order valence-corrected chi connectivity index (χ1v) is 16.3. The fraction of sp³-hybridized carbons (Fsp3) is 0.116. The van der Waals surface area contributed by atoms with Crippen molar-refractivity contribution in [3.63, 3.8) is 0 Å². The van der Waals surface area contributed by atoms with E-state index in [9.17, 15) is 0 Å². The zero-order valence-corrected chi connectivity index (χ0v) is 26.5. The van der Waals surface area contributed by atoms with E-state index in [0.717, 1.165) is 46.2 Å². The van der Waals surface area contributed by atoms with Gasteiger partial charge < -0.3 is 9.80 Å². The smallest absolute Gasteiger partial charge is 0.136 e. The summed E-state index contributed by atoms with van der Waals surface area (Å²) >= 11 is 0. The van der Waals surface area contributed by atoms with Crippen LogP contribution in [0.25, 0.3) is 21.9 Å². The van der Waals surface area contributed by atoms with Crippen molar-refractivity contribution in [2.24, 2.45) is 9.98 Å². The van der Waals surface area contributed by atoms with E-state index in [2.05, 4.69) is 175 Å². The number of benzene rings is 4. The van der Waals surface area contributed by atoms with E-state index in [-0.39, 0.29) is 12.1 Å². The van der Waals surface area contributed by atoms with E-state index >= 15 is 0 Å². The van der Waals surface area contributed by atoms with Crippen LogP contribution in [0.15, 0.2) is 174 Å². The molecule has 4 aliphatic rings. The van der Waals surface area contributed by atoms with E-state index in [0.29, 0.717) is 6.54 Å². The van der Waals surface area contributed by atoms with Gasteiger partial charge in [0, 0.05) is 28.9 Å². The van der Waals surface area contributed by atoms with Crippen LogP contribution in [0.5, 0.6) is 0 Å². The fourth-order valence-electron chi connectivity index (χ4n) is 6.92. The molecular formula is C43H36N4. The average Bonchev–Trinajstić information content (AvgIpc) is 3.56. The van der Waals surface area contributed by atoms with Crippen molar-refractivity contribution in [1.82, 2.24) is 0 Å². The van der Waals surface area contributed by atoms with Gasteiger partial charge in [-0.05, 0) is 64.7 Å². The second-order valence-corrected chi connectivity index (χ2v) is 12.2. The highest BCUT2D eigenvalue weighted by Gasteiger charge is 2.35. The van der Waals surface area contributed by atoms with Crippen molar-refractivity contribution in [1.29, 1.82) is 0 Å². The van der Waals surface area contributed by atoms with Crippen LogP contribution in [0, 0.1) is 0 Å². The number of hydrogen-bond acceptors (Lipinski definition) is 4. The van der Waals surface area contributed by atoms with E-state index < -0.39 is 0 Å². The number of hydrogen-bond donors (Lipinski definition) is 0. The molecule has 3 heterocycles. The predicted molar refractivity (Wildman–Crippen MR) is 200 cm³/mol. The molecule has 8 rings (SSSR count). The zero-order valence-electron chi connectivity index (χ0n) is 26.5. The van der Waals surface area contributed by atoms with Gasteiger partial charge in [-0.2, -0.15) is 0 Å². The van der Waals surface area contributed by atoms with Gasteiger partial charge in [-0.1, -0.05) is 128 Å². The number of rotatable bonds is 5. The fourth-order valence-corrected chi connectivity index (χ4v) is 6.92. The monoisotopic (exact) mass is 608 g/mol. The standard InChI is InChI=1S/C43H36N4/c1-30(20-25-38-31(2)37-16-8-10-18-40(37)46-27-13-4-3-12-26-44-43(38)46)32-21-22-34-29-35(24-23-33(34)28-32)42-45-39-17-9-11-19-41(39)47(42)36-14-6-5-7-15-36/h3-25,28-29,39,41H,1,26-27H2,2H3/b12-3-,13-4-,25-20-,44-43-. The lowest BCUT2D eigenvalue weighted by atomic mass is 9.92. The maximum atomic E-state index is 5.18. The van der Waals surface area contributed by atoms with Crippen LogP contribution in [0.3, 0.4) is 0 Å². The number of aliphatic imine (C=N–C) groups is 2. The van der Waals surface area contributed by atoms with E-state index in [1.54, 1.807) is 0 Å². The Balaban J connectivity index is 1.10. The largest absolute Gasteiger partial charge is 0.322 e. The number of allylic oxidation sites excluding steroid dienone is 7. The molecule has 4 nitrogen and oxygen atoms in total. The molecule has 228 valence electrons. The third-order valence-electron chi connectivity index (χ3n) is 9.35. The normalized spacial score (nSPS) is 22.5. The average molecular weight is 609 g/mol. The first-order valence-electron chi connectivity index (χ1n) is 16.3. The summed E-state index contributed by atoms with van der Waals surface area (Å²) in [5.41, 5.74) is 9.12. The van der Waals surface area contributed by atoms with Crippen LogP contribution in [0.2, 0.25) is 0 Å². The molecule has 1 aliphatic carbocycles. The highest BCUT2D eigenvalue weighted by Crippen LogP contribution is 2.37. The van der Waals surface area contributed by atoms with Crippen LogP contribution in [0.1, 0.15) is 23.6 Å². The minimum absolute atomic E-state index is 0.109. The molecule has 0 N–H and O–H groups in total. The topological polar surface area (TPSA) is 31.2 Å². The van der Waals surface area contributed by atoms with Gasteiger partial charge in [-0.3, -0.25) is 9.98 Å². The molecule has 4 aromatic carbocycles. The third kappa shape index (κ3) is 5.32. The molecule has 0 bridgehead atoms. The molecule has 2 atom stereocenters. The van der Waals surface area contributed by atoms with Crippen molar-refractivity contribution >= 4 is 45.0 Å². The van der Waals surface area contributed by atoms with Crippen LogP contribution < -0.4 is 9.80 Å². The van der Waals surface area contributed by atoms with Crippen LogP contribution in [0.4, 0.5) is 11.4 Å². The SMILES string of the molecule is C=C(/C=C\C1=C(C)c2ccccc2N2C/C=C\C=C/C/N=C/12)c1ccc2cc(C3=NC4C=CC=CC4N3c3ccccc3)ccc2c1. The molecule has 3 aliphatic heterocycles. The Morgan fingerprint density at radius 1 is 0.809 bits per heavy atom. The van der Waals surface area contributed by atoms with Gasteiger partial charge in [0.1, 0.15) is 11.7 Å². The van der Waals surface area contributed by atoms with Crippen molar-refractivity contribution in [2.45, 2.75) is 19.0 Å². The Labute approximate surface area is 276 Å². The molecule has 0 fully saturated rings. The molecule has 4 aromatic rings. The molecule has 0 aromatic heterocycles. The van der Waals surface area contributed by atoms with Gasteiger partial charge in [0.2, 0.25) is 0 Å². The number of amidine groups is 2. The number of fused-ring (bicyclic) bond motifs is 5. The zero-order chi connectivity index (χ0) is 31.7. The van der Waals surface area contributed by atoms with Gasteiger partial charge in [-0.15, -0.1) is 0 Å². The molecule has 0 saturated heterocycles. The number of nitrogens with zero attached hydrogens (tertiary/aromatic N) is 4. The van der Waals surface area contributed by atoms with Crippen molar-refractivity contribution < 1.29 is 0 Å². The molecule has 0 radical (unpaired) electrons. The Kier molecular flexibility index (Phi) is 7.47. The van der Waals surface area contributed by atoms with Gasteiger partial charge in [0.15, 0.2) is 0 Å². The van der Waals surface area contributed by atoms with Gasteiger partial charge in [0.05, 0.1) is 24.3 Å². The minimum Gasteiger partial charge on any atom is -0.322 e. The Morgan fingerprint density at radius 3 is 2.51 bits per heavy atom. The molecular weight excluding hydrogens is 573 g/mol. The number of para-hydroxylation sites is 2. The highest BCUT2D eigenvalue weighted by atomic mass is 15.3. The highest BCUT2D eigenvalue weighted by molar-refractivity contribution is 6.20. The number of anilines is 2. The first kappa shape index (κ1) is 28.7. The molecule has 0 saturated carbocycles. The second-order valence-electron chi connectivity index (χ2n) is 12.2. The van der Waals surface area contributed by atoms with Gasteiger partial charge in [0.25, 0.3) is 0 Å². The summed E-state index contributed by atoms with van der Waals surface area (Å²) in [6.07, 6.45) is 21.5. The predicted octanol–water partition coefficient (Wildman–Crippen LogP) is 9.36. The summed E-state index contributed by atoms with van der Waals surface area (Å²) in [5, 5.41) is 2.36. The van der Waals surface area contributed by atoms with Crippen LogP contribution >= 0.6 is 0 Å². The van der Waals surface area contributed by atoms with Crippen LogP contribution in [-0.2, 0) is 0 Å². The molecule has 47 heavy (non-hydrogen) atoms. The van der Waals surface area contributed by atoms with Gasteiger partial charge >= 0.3 is 0 Å². The van der Waals surface area contributed by atoms with E-state index in [1.165, 1.54) is 27.6 Å². The van der Waals surface area contributed by atoms with Crippen LogP contribution in [-0.4, -0.2) is 36.8 Å². The van der Waals surface area contributed by atoms with Crippen molar-refractivity contribution in [3.05, 3.63) is 181 Å². The summed E-state index contributed by atoms with van der Waals surface area (Å²) in [5.74, 6) is 2.00. The van der Waals surface area contributed by atoms with E-state index in [1.807, 2.05) is 0 Å². The Hall–Kier alpha value is -5.74. The quantitative estimate of drug-likeness (QED) is 0.212. The molecule has 0 amide bonds. The van der Waals surface area contributed by atoms with Gasteiger partial charge in [-0.25, -0.2) is 0 Å². The molecule has 0 spiro atoms. The lowest BCUT2D eigenvalue weighted by Gasteiger charge is -2.33.